The molecular formula is C25H48NNaO7S. The molecule has 0 radical (unpaired) electrons. The fourth-order valence-corrected chi connectivity index (χ4v) is 4.12. The molecule has 2 unspecified atom stereocenters. The molecule has 0 fully saturated rings. The van der Waals surface area contributed by atoms with Crippen LogP contribution in [0.25, 0.3) is 0 Å². The molecule has 0 rings (SSSR count). The number of unbranched alkanes of at least 4 members (excludes halogenated alkanes) is 12. The van der Waals surface area contributed by atoms with Crippen LogP contribution in [0.15, 0.2) is 12.2 Å². The second kappa shape index (κ2) is 23.9. The van der Waals surface area contributed by atoms with E-state index in [0.717, 1.165) is 32.1 Å². The molecule has 0 bridgehead atoms. The summed E-state index contributed by atoms with van der Waals surface area (Å²) < 4.78 is 37.0. The van der Waals surface area contributed by atoms with Crippen molar-refractivity contribution in [1.82, 2.24) is 5.32 Å². The number of amides is 1. The summed E-state index contributed by atoms with van der Waals surface area (Å²) >= 11 is 0. The van der Waals surface area contributed by atoms with Gasteiger partial charge >= 0.3 is 35.5 Å². The van der Waals surface area contributed by atoms with Gasteiger partial charge in [0.05, 0.1) is 13.0 Å². The van der Waals surface area contributed by atoms with E-state index in [1.54, 1.807) is 6.92 Å². The average Bonchev–Trinajstić information content (AvgIpc) is 2.78. The Morgan fingerprint density at radius 2 is 1.34 bits per heavy atom. The van der Waals surface area contributed by atoms with E-state index in [1.165, 1.54) is 51.4 Å². The van der Waals surface area contributed by atoms with E-state index in [4.69, 9.17) is 4.74 Å². The number of carbonyl (C=O) groups is 2. The van der Waals surface area contributed by atoms with Crippen molar-refractivity contribution in [1.29, 1.82) is 0 Å². The van der Waals surface area contributed by atoms with Crippen LogP contribution in [0.4, 0.5) is 0 Å². The molecule has 8 nitrogen and oxygen atoms in total. The van der Waals surface area contributed by atoms with Gasteiger partial charge in [0.1, 0.15) is 6.23 Å². The summed E-state index contributed by atoms with van der Waals surface area (Å²) in [4.78, 5) is 23.8. The third-order valence-electron chi connectivity index (χ3n) is 5.62. The molecule has 1 amide bonds. The summed E-state index contributed by atoms with van der Waals surface area (Å²) in [5.41, 5.74) is 0. The molecule has 0 heterocycles. The Bertz CT molecular complexity index is 671. The van der Waals surface area contributed by atoms with Crippen LogP contribution in [-0.4, -0.2) is 77.6 Å². The number of ether oxygens (including phenoxy) is 1. The number of carbonyl (C=O) groups excluding carboxylic acids is 2. The van der Waals surface area contributed by atoms with Crippen LogP contribution in [0.5, 0.6) is 0 Å². The fraction of sp³-hybridized carbons (Fsp3) is 0.840. The predicted molar refractivity (Wildman–Crippen MR) is 142 cm³/mol. The summed E-state index contributed by atoms with van der Waals surface area (Å²) in [6.45, 7) is 3.95. The van der Waals surface area contributed by atoms with Crippen LogP contribution in [-0.2, 0) is 24.4 Å². The van der Waals surface area contributed by atoms with Crippen molar-refractivity contribution in [3.8, 4) is 0 Å². The van der Waals surface area contributed by atoms with E-state index < -0.39 is 39.9 Å². The number of aliphatic hydroxyl groups excluding tert-OH is 1. The molecule has 3 N–H and O–H groups in total. The van der Waals surface area contributed by atoms with Gasteiger partial charge in [-0.2, -0.15) is 8.42 Å². The van der Waals surface area contributed by atoms with Gasteiger partial charge in [-0.3, -0.25) is 14.1 Å². The fourth-order valence-electron chi connectivity index (χ4n) is 3.44. The Kier molecular flexibility index (Phi) is 25.1. The molecule has 0 spiro atoms. The molecule has 0 saturated carbocycles. The summed E-state index contributed by atoms with van der Waals surface area (Å²) in [6, 6.07) is 0. The molecule has 35 heavy (non-hydrogen) atoms. The first-order valence-corrected chi connectivity index (χ1v) is 14.5. The van der Waals surface area contributed by atoms with E-state index in [2.05, 4.69) is 19.1 Å². The van der Waals surface area contributed by atoms with Crippen molar-refractivity contribution in [2.75, 3.05) is 6.61 Å². The van der Waals surface area contributed by atoms with Gasteiger partial charge in [0, 0.05) is 0 Å². The van der Waals surface area contributed by atoms with Gasteiger partial charge in [0.25, 0.3) is 10.1 Å². The maximum absolute atomic E-state index is 11.9. The Morgan fingerprint density at radius 1 is 0.857 bits per heavy atom. The van der Waals surface area contributed by atoms with E-state index >= 15 is 0 Å². The number of aliphatic hydroxyl groups is 1. The number of nitrogens with one attached hydrogen (secondary N) is 1. The standard InChI is InChI=1S/C25H47NO7S.Na.H/c1-3-5-6-7-8-9-10-11-12-13-14-15-16-17-18-19-20-33-24(28)21-22(34(30,31)32)25(29)26-23(27)4-2;;/h11-12,22-23,27H,3-10,13-21H2,1-2H3,(H,26,29)(H,30,31,32);;/b12-11-;;. The number of hydrogen-bond donors (Lipinski definition) is 3. The van der Waals surface area contributed by atoms with Crippen LogP contribution >= 0.6 is 0 Å². The molecule has 0 aromatic heterocycles. The van der Waals surface area contributed by atoms with Crippen molar-refractivity contribution in [3.63, 3.8) is 0 Å². The summed E-state index contributed by atoms with van der Waals surface area (Å²) in [7, 11) is -4.80. The van der Waals surface area contributed by atoms with Crippen molar-refractivity contribution in [2.45, 2.75) is 128 Å². The van der Waals surface area contributed by atoms with Crippen LogP contribution in [0.2, 0.25) is 0 Å². The summed E-state index contributed by atoms with van der Waals surface area (Å²) in [5, 5.41) is 9.45. The zero-order valence-corrected chi connectivity index (χ0v) is 22.0. The van der Waals surface area contributed by atoms with E-state index in [-0.39, 0.29) is 42.6 Å². The number of esters is 1. The minimum atomic E-state index is -4.80. The van der Waals surface area contributed by atoms with Crippen molar-refractivity contribution in [3.05, 3.63) is 12.2 Å². The Hall–Kier alpha value is -0.450. The summed E-state index contributed by atoms with van der Waals surface area (Å²) in [6.07, 6.45) is 19.0. The van der Waals surface area contributed by atoms with Crippen molar-refractivity contribution < 1.29 is 32.4 Å². The zero-order valence-electron chi connectivity index (χ0n) is 21.2. The monoisotopic (exact) mass is 529 g/mol. The number of hydrogen-bond acceptors (Lipinski definition) is 6. The third-order valence-corrected chi connectivity index (χ3v) is 6.72. The SMILES string of the molecule is CCCCCCCC/C=C\CCCCCCCCOC(=O)CC(C(=O)NC(O)CC)S(=O)(=O)O.[NaH]. The first kappa shape index (κ1) is 36.7. The quantitative estimate of drug-likeness (QED) is 0.0473. The predicted octanol–water partition coefficient (Wildman–Crippen LogP) is 4.41. The van der Waals surface area contributed by atoms with Gasteiger partial charge in [-0.1, -0.05) is 83.8 Å². The van der Waals surface area contributed by atoms with E-state index in [9.17, 15) is 27.7 Å². The minimum absolute atomic E-state index is 0. The Balaban J connectivity index is 0. The average molecular weight is 530 g/mol. The molecule has 0 aromatic carbocycles. The molecule has 2 atom stereocenters. The molecule has 202 valence electrons. The number of rotatable bonds is 22. The van der Waals surface area contributed by atoms with Crippen molar-refractivity contribution >= 4 is 51.6 Å². The van der Waals surface area contributed by atoms with Gasteiger partial charge in [-0.25, -0.2) is 0 Å². The Morgan fingerprint density at radius 3 is 1.83 bits per heavy atom. The van der Waals surface area contributed by atoms with Gasteiger partial charge in [-0.15, -0.1) is 0 Å². The van der Waals surface area contributed by atoms with Gasteiger partial charge < -0.3 is 15.2 Å². The molecule has 0 aliphatic heterocycles. The van der Waals surface area contributed by atoms with E-state index in [1.807, 2.05) is 5.32 Å². The van der Waals surface area contributed by atoms with Gasteiger partial charge in [0.2, 0.25) is 5.91 Å². The third kappa shape index (κ3) is 22.5. The molecule has 0 aliphatic carbocycles. The van der Waals surface area contributed by atoms with E-state index in [0.29, 0.717) is 6.42 Å². The maximum atomic E-state index is 11.9. The molecule has 10 heteroatoms. The molecular weight excluding hydrogens is 481 g/mol. The topological polar surface area (TPSA) is 130 Å². The zero-order chi connectivity index (χ0) is 25.7. The van der Waals surface area contributed by atoms with Crippen molar-refractivity contribution in [2.24, 2.45) is 0 Å². The second-order valence-corrected chi connectivity index (χ2v) is 10.4. The molecule has 0 saturated heterocycles. The molecule has 0 aromatic rings. The normalized spacial score (nSPS) is 13.3. The van der Waals surface area contributed by atoms with Crippen LogP contribution in [0, 0.1) is 0 Å². The second-order valence-electron chi connectivity index (χ2n) is 8.80. The van der Waals surface area contributed by atoms with Crippen LogP contribution in [0.1, 0.15) is 117 Å². The number of allylic oxidation sites excluding steroid dienone is 2. The van der Waals surface area contributed by atoms with Crippen LogP contribution in [0.3, 0.4) is 0 Å². The Labute approximate surface area is 235 Å². The van der Waals surface area contributed by atoms with Gasteiger partial charge in [0.15, 0.2) is 5.25 Å². The van der Waals surface area contributed by atoms with Gasteiger partial charge in [-0.05, 0) is 38.5 Å². The van der Waals surface area contributed by atoms with Crippen LogP contribution < -0.4 is 5.32 Å². The molecule has 0 aliphatic rings. The first-order valence-electron chi connectivity index (χ1n) is 13.0. The summed E-state index contributed by atoms with van der Waals surface area (Å²) in [5.74, 6) is -2.01. The first-order chi connectivity index (χ1) is 16.2.